The number of hydrogen-bond donors (Lipinski definition) is 0. The summed E-state index contributed by atoms with van der Waals surface area (Å²) < 4.78 is 18.5. The molecule has 1 atom stereocenters. The third-order valence-electron chi connectivity index (χ3n) is 2.94. The quantitative estimate of drug-likeness (QED) is 0.598. The predicted molar refractivity (Wildman–Crippen MR) is 60.7 cm³/mol. The summed E-state index contributed by atoms with van der Waals surface area (Å²) in [5, 5.41) is 10.6. The summed E-state index contributed by atoms with van der Waals surface area (Å²) in [6, 6.07) is 3.74. The number of nitro benzene ring substituents is 1. The Hall–Kier alpha value is -1.69. The molecule has 1 aliphatic rings. The van der Waals surface area contributed by atoms with Gasteiger partial charge in [-0.15, -0.1) is 0 Å². The lowest BCUT2D eigenvalue weighted by molar-refractivity contribution is -0.385. The highest BCUT2D eigenvalue weighted by Gasteiger charge is 2.22. The second kappa shape index (κ2) is 4.67. The zero-order valence-corrected chi connectivity index (χ0v) is 9.43. The number of nitrogens with zero attached hydrogens (tertiary/aromatic N) is 2. The van der Waals surface area contributed by atoms with Crippen molar-refractivity contribution in [2.75, 3.05) is 25.2 Å². The first-order chi connectivity index (χ1) is 8.08. The summed E-state index contributed by atoms with van der Waals surface area (Å²) in [6.07, 6.45) is 0.848. The minimum Gasteiger partial charge on any atom is -0.379 e. The number of non-ortho nitro benzene ring substituents is 1. The molecule has 0 saturated carbocycles. The van der Waals surface area contributed by atoms with Gasteiger partial charge in [0.2, 0.25) is 0 Å². The van der Waals surface area contributed by atoms with E-state index < -0.39 is 10.7 Å². The fraction of sp³-hybridized carbons (Fsp3) is 0.455. The van der Waals surface area contributed by atoms with Crippen LogP contribution in [-0.2, 0) is 4.74 Å². The molecule has 1 unspecified atom stereocenters. The normalized spacial score (nSPS) is 19.3. The van der Waals surface area contributed by atoms with Gasteiger partial charge in [0.25, 0.3) is 5.69 Å². The maximum Gasteiger partial charge on any atom is 0.274 e. The van der Waals surface area contributed by atoms with Crippen LogP contribution in [0.5, 0.6) is 0 Å². The van der Waals surface area contributed by atoms with Crippen molar-refractivity contribution in [3.63, 3.8) is 0 Å². The van der Waals surface area contributed by atoms with Crippen LogP contribution in [0.3, 0.4) is 0 Å². The number of halogens is 1. The Bertz CT molecular complexity index is 433. The van der Waals surface area contributed by atoms with Crippen LogP contribution in [-0.4, -0.2) is 31.2 Å². The first kappa shape index (κ1) is 11.8. The summed E-state index contributed by atoms with van der Waals surface area (Å²) >= 11 is 0. The Kier molecular flexibility index (Phi) is 3.23. The lowest BCUT2D eigenvalue weighted by atomic mass is 10.2. The van der Waals surface area contributed by atoms with E-state index >= 15 is 0 Å². The molecule has 1 heterocycles. The summed E-state index contributed by atoms with van der Waals surface area (Å²) in [6.45, 7) is 1.24. The van der Waals surface area contributed by atoms with E-state index in [-0.39, 0.29) is 11.7 Å². The van der Waals surface area contributed by atoms with E-state index in [0.717, 1.165) is 12.5 Å². The molecule has 0 spiro atoms. The van der Waals surface area contributed by atoms with Crippen molar-refractivity contribution in [2.24, 2.45) is 0 Å². The predicted octanol–water partition coefficient (Wildman–Crippen LogP) is 1.96. The van der Waals surface area contributed by atoms with E-state index in [4.69, 9.17) is 4.74 Å². The van der Waals surface area contributed by atoms with Crippen molar-refractivity contribution in [2.45, 2.75) is 12.5 Å². The van der Waals surface area contributed by atoms with E-state index in [2.05, 4.69) is 0 Å². The number of likely N-dealkylation sites (N-methyl/N-ethyl adjacent to an activating group) is 1. The molecule has 2 rings (SSSR count). The molecule has 1 saturated heterocycles. The maximum absolute atomic E-state index is 13.3. The smallest absolute Gasteiger partial charge is 0.274 e. The number of benzene rings is 1. The number of ether oxygens (including phenoxy) is 1. The average Bonchev–Trinajstić information content (AvgIpc) is 2.80. The van der Waals surface area contributed by atoms with Gasteiger partial charge in [0.05, 0.1) is 23.6 Å². The van der Waals surface area contributed by atoms with Crippen LogP contribution < -0.4 is 4.90 Å². The standard InChI is InChI=1S/C11H13FN2O3/c1-13(9-2-3-17-7-9)10-4-8(12)5-11(6-10)14(15)16/h4-6,9H,2-3,7H2,1H3. The molecule has 1 aromatic rings. The molecule has 5 nitrogen and oxygen atoms in total. The highest BCUT2D eigenvalue weighted by atomic mass is 19.1. The maximum atomic E-state index is 13.3. The Morgan fingerprint density at radius 1 is 1.53 bits per heavy atom. The van der Waals surface area contributed by atoms with E-state index in [0.29, 0.717) is 18.9 Å². The molecule has 1 aromatic carbocycles. The summed E-state index contributed by atoms with van der Waals surface area (Å²) in [4.78, 5) is 11.9. The Morgan fingerprint density at radius 2 is 2.29 bits per heavy atom. The molecule has 0 radical (unpaired) electrons. The van der Waals surface area contributed by atoms with Crippen molar-refractivity contribution in [3.05, 3.63) is 34.1 Å². The lowest BCUT2D eigenvalue weighted by Gasteiger charge is -2.25. The first-order valence-electron chi connectivity index (χ1n) is 5.33. The first-order valence-corrected chi connectivity index (χ1v) is 5.33. The van der Waals surface area contributed by atoms with Gasteiger partial charge >= 0.3 is 0 Å². The van der Waals surface area contributed by atoms with Crippen LogP contribution in [0.4, 0.5) is 15.8 Å². The molecular weight excluding hydrogens is 227 g/mol. The number of hydrogen-bond acceptors (Lipinski definition) is 4. The minimum absolute atomic E-state index is 0.149. The molecule has 0 aromatic heterocycles. The van der Waals surface area contributed by atoms with Gasteiger partial charge in [-0.3, -0.25) is 10.1 Å². The molecule has 0 bridgehead atoms. The van der Waals surface area contributed by atoms with Gasteiger partial charge in [-0.1, -0.05) is 0 Å². The van der Waals surface area contributed by atoms with Crippen molar-refractivity contribution in [1.29, 1.82) is 0 Å². The van der Waals surface area contributed by atoms with Crippen molar-refractivity contribution in [1.82, 2.24) is 0 Å². The van der Waals surface area contributed by atoms with Crippen LogP contribution in [0.25, 0.3) is 0 Å². The van der Waals surface area contributed by atoms with Crippen LogP contribution in [0.2, 0.25) is 0 Å². The van der Waals surface area contributed by atoms with Gasteiger partial charge in [-0.25, -0.2) is 4.39 Å². The van der Waals surface area contributed by atoms with Gasteiger partial charge < -0.3 is 9.64 Å². The highest BCUT2D eigenvalue weighted by Crippen LogP contribution is 2.25. The van der Waals surface area contributed by atoms with Gasteiger partial charge in [-0.05, 0) is 12.5 Å². The molecule has 6 heteroatoms. The van der Waals surface area contributed by atoms with Crippen LogP contribution in [0.1, 0.15) is 6.42 Å². The number of rotatable bonds is 3. The molecular formula is C11H13FN2O3. The molecule has 0 N–H and O–H groups in total. The third kappa shape index (κ3) is 2.52. The second-order valence-electron chi connectivity index (χ2n) is 4.05. The van der Waals surface area contributed by atoms with Gasteiger partial charge in [0, 0.05) is 25.4 Å². The van der Waals surface area contributed by atoms with Gasteiger partial charge in [0.15, 0.2) is 0 Å². The highest BCUT2D eigenvalue weighted by molar-refractivity contribution is 5.54. The second-order valence-corrected chi connectivity index (χ2v) is 4.05. The lowest BCUT2D eigenvalue weighted by Crippen LogP contribution is -2.31. The van der Waals surface area contributed by atoms with Crippen LogP contribution >= 0.6 is 0 Å². The van der Waals surface area contributed by atoms with E-state index in [9.17, 15) is 14.5 Å². The van der Waals surface area contributed by atoms with Crippen molar-refractivity contribution in [3.8, 4) is 0 Å². The van der Waals surface area contributed by atoms with Crippen LogP contribution in [0, 0.1) is 15.9 Å². The van der Waals surface area contributed by atoms with Gasteiger partial charge in [-0.2, -0.15) is 0 Å². The Balaban J connectivity index is 2.27. The minimum atomic E-state index is -0.597. The largest absolute Gasteiger partial charge is 0.379 e. The van der Waals surface area contributed by atoms with Crippen molar-refractivity contribution < 1.29 is 14.1 Å². The van der Waals surface area contributed by atoms with E-state index in [1.54, 1.807) is 7.05 Å². The third-order valence-corrected chi connectivity index (χ3v) is 2.94. The Morgan fingerprint density at radius 3 is 2.88 bits per heavy atom. The Labute approximate surface area is 97.9 Å². The molecule has 1 fully saturated rings. The zero-order valence-electron chi connectivity index (χ0n) is 9.43. The number of nitro groups is 1. The molecule has 92 valence electrons. The van der Waals surface area contributed by atoms with E-state index in [1.165, 1.54) is 12.1 Å². The number of anilines is 1. The fourth-order valence-electron chi connectivity index (χ4n) is 1.91. The monoisotopic (exact) mass is 240 g/mol. The molecule has 17 heavy (non-hydrogen) atoms. The topological polar surface area (TPSA) is 55.6 Å². The molecule has 0 aliphatic carbocycles. The van der Waals surface area contributed by atoms with E-state index in [1.807, 2.05) is 4.90 Å². The van der Waals surface area contributed by atoms with Crippen LogP contribution in [0.15, 0.2) is 18.2 Å². The average molecular weight is 240 g/mol. The van der Waals surface area contributed by atoms with Gasteiger partial charge in [0.1, 0.15) is 5.82 Å². The fourth-order valence-corrected chi connectivity index (χ4v) is 1.91. The summed E-state index contributed by atoms with van der Waals surface area (Å²) in [5.41, 5.74) is 0.276. The zero-order chi connectivity index (χ0) is 12.4. The molecule has 1 aliphatic heterocycles. The SMILES string of the molecule is CN(c1cc(F)cc([N+](=O)[O-])c1)C1CCOC1. The summed E-state index contributed by atoms with van der Waals surface area (Å²) in [7, 11) is 1.79. The van der Waals surface area contributed by atoms with Crippen molar-refractivity contribution >= 4 is 11.4 Å². The summed E-state index contributed by atoms with van der Waals surface area (Å²) in [5.74, 6) is -0.597. The molecule has 0 amide bonds.